The lowest BCUT2D eigenvalue weighted by Gasteiger charge is -2.26. The van der Waals surface area contributed by atoms with Crippen molar-refractivity contribution in [3.05, 3.63) is 96.0 Å². The normalized spacial score (nSPS) is 15.0. The Balaban J connectivity index is 1.60. The van der Waals surface area contributed by atoms with Gasteiger partial charge in [0, 0.05) is 5.02 Å². The number of carbonyl (C=O) groups is 3. The highest BCUT2D eigenvalue weighted by molar-refractivity contribution is 14.1. The summed E-state index contributed by atoms with van der Waals surface area (Å²) in [6.45, 7) is 2.42. The second-order valence-corrected chi connectivity index (χ2v) is 9.98. The maximum Gasteiger partial charge on any atom is 0.335 e. The van der Waals surface area contributed by atoms with Crippen LogP contribution in [0.3, 0.4) is 0 Å². The van der Waals surface area contributed by atoms with Crippen molar-refractivity contribution < 1.29 is 19.1 Å². The molecule has 0 saturated carbocycles. The summed E-state index contributed by atoms with van der Waals surface area (Å²) in [7, 11) is 0. The minimum absolute atomic E-state index is 0.162. The van der Waals surface area contributed by atoms with E-state index in [0.717, 1.165) is 14.0 Å². The van der Waals surface area contributed by atoms with Crippen LogP contribution in [-0.4, -0.2) is 17.8 Å². The molecule has 4 amide bonds. The molecule has 0 atom stereocenters. The van der Waals surface area contributed by atoms with Gasteiger partial charge in [-0.3, -0.25) is 14.9 Å². The summed E-state index contributed by atoms with van der Waals surface area (Å²) >= 11 is 11.6. The highest BCUT2D eigenvalue weighted by Gasteiger charge is 2.36. The van der Waals surface area contributed by atoms with Crippen LogP contribution >= 0.6 is 50.1 Å². The number of imide groups is 2. The summed E-state index contributed by atoms with van der Waals surface area (Å²) in [6, 6.07) is 17.0. The highest BCUT2D eigenvalue weighted by Crippen LogP contribution is 2.34. The van der Waals surface area contributed by atoms with Gasteiger partial charge in [-0.15, -0.1) is 0 Å². The lowest BCUT2D eigenvalue weighted by molar-refractivity contribution is -0.122. The molecule has 3 aromatic rings. The summed E-state index contributed by atoms with van der Waals surface area (Å²) in [4.78, 5) is 38.8. The van der Waals surface area contributed by atoms with Crippen LogP contribution in [0.5, 0.6) is 5.75 Å². The first-order valence-corrected chi connectivity index (χ1v) is 12.3. The van der Waals surface area contributed by atoms with Crippen molar-refractivity contribution in [2.24, 2.45) is 0 Å². The fourth-order valence-corrected chi connectivity index (χ4v) is 5.18. The zero-order valence-electron chi connectivity index (χ0n) is 17.8. The molecule has 1 aliphatic heterocycles. The lowest BCUT2D eigenvalue weighted by atomic mass is 10.1. The molecule has 0 radical (unpaired) electrons. The molecule has 0 unspecified atom stereocenters. The number of rotatable bonds is 5. The Kier molecular flexibility index (Phi) is 7.39. The Morgan fingerprint density at radius 3 is 2.38 bits per heavy atom. The van der Waals surface area contributed by atoms with Crippen molar-refractivity contribution in [1.29, 1.82) is 0 Å². The summed E-state index contributed by atoms with van der Waals surface area (Å²) in [5.41, 5.74) is 2.96. The first-order valence-electron chi connectivity index (χ1n) is 10.1. The van der Waals surface area contributed by atoms with E-state index in [1.54, 1.807) is 24.3 Å². The van der Waals surface area contributed by atoms with Crippen molar-refractivity contribution in [3.63, 3.8) is 0 Å². The largest absolute Gasteiger partial charge is 0.487 e. The SMILES string of the molecule is Cc1ccc(COc2c(Br)cc(/C=C3\C(=O)NC(=O)N(c4ccc(Cl)cc4)C3=O)cc2I)cc1. The number of benzene rings is 3. The molecule has 34 heavy (non-hydrogen) atoms. The molecule has 0 bridgehead atoms. The number of aryl methyl sites for hydroxylation is 1. The van der Waals surface area contributed by atoms with Crippen LogP contribution in [0.4, 0.5) is 10.5 Å². The van der Waals surface area contributed by atoms with E-state index in [1.165, 1.54) is 23.8 Å². The molecule has 1 aliphatic rings. The first kappa shape index (κ1) is 24.4. The van der Waals surface area contributed by atoms with Crippen LogP contribution in [0, 0.1) is 10.5 Å². The molecule has 172 valence electrons. The maximum absolute atomic E-state index is 13.1. The van der Waals surface area contributed by atoms with Gasteiger partial charge in [-0.1, -0.05) is 41.4 Å². The van der Waals surface area contributed by atoms with Crippen LogP contribution in [0.1, 0.15) is 16.7 Å². The summed E-state index contributed by atoms with van der Waals surface area (Å²) < 4.78 is 7.46. The first-order chi connectivity index (χ1) is 16.2. The van der Waals surface area contributed by atoms with Gasteiger partial charge in [0.05, 0.1) is 13.7 Å². The van der Waals surface area contributed by atoms with Crippen molar-refractivity contribution >= 4 is 79.7 Å². The Bertz CT molecular complexity index is 1300. The topological polar surface area (TPSA) is 75.7 Å². The predicted molar refractivity (Wildman–Crippen MR) is 143 cm³/mol. The Hall–Kier alpha value is -2.69. The molecule has 0 aliphatic carbocycles. The van der Waals surface area contributed by atoms with Crippen LogP contribution in [0.15, 0.2) is 70.7 Å². The van der Waals surface area contributed by atoms with Crippen molar-refractivity contribution in [2.75, 3.05) is 4.90 Å². The molecular weight excluding hydrogens is 635 g/mol. The molecule has 1 fully saturated rings. The number of anilines is 1. The third kappa shape index (κ3) is 5.34. The standard InChI is InChI=1S/C25H17BrClIN2O4/c1-14-2-4-15(5-3-14)13-34-22-20(26)11-16(12-21(22)28)10-19-23(31)29-25(33)30(24(19)32)18-8-6-17(27)7-9-18/h2-12H,13H2,1H3,(H,29,31,33)/b19-10+. The van der Waals surface area contributed by atoms with Gasteiger partial charge in [0.25, 0.3) is 11.8 Å². The van der Waals surface area contributed by atoms with E-state index in [2.05, 4.69) is 43.8 Å². The number of nitrogens with zero attached hydrogens (tertiary/aromatic N) is 1. The van der Waals surface area contributed by atoms with Crippen LogP contribution in [0.2, 0.25) is 5.02 Å². The number of carbonyl (C=O) groups excluding carboxylic acids is 3. The van der Waals surface area contributed by atoms with Crippen molar-refractivity contribution in [3.8, 4) is 5.75 Å². The molecular formula is C25H17BrClIN2O4. The van der Waals surface area contributed by atoms with Gasteiger partial charge in [0.2, 0.25) is 0 Å². The van der Waals surface area contributed by atoms with Crippen LogP contribution in [-0.2, 0) is 16.2 Å². The predicted octanol–water partition coefficient (Wildman–Crippen LogP) is 6.26. The molecule has 1 heterocycles. The Morgan fingerprint density at radius 1 is 1.06 bits per heavy atom. The van der Waals surface area contributed by atoms with Gasteiger partial charge in [0.15, 0.2) is 0 Å². The van der Waals surface area contributed by atoms with Gasteiger partial charge >= 0.3 is 6.03 Å². The van der Waals surface area contributed by atoms with E-state index in [1.807, 2.05) is 31.2 Å². The van der Waals surface area contributed by atoms with E-state index < -0.39 is 17.8 Å². The average molecular weight is 652 g/mol. The second kappa shape index (κ2) is 10.3. The van der Waals surface area contributed by atoms with E-state index in [4.69, 9.17) is 16.3 Å². The van der Waals surface area contributed by atoms with E-state index in [9.17, 15) is 14.4 Å². The fraction of sp³-hybridized carbons (Fsp3) is 0.0800. The summed E-state index contributed by atoms with van der Waals surface area (Å²) in [5, 5.41) is 2.68. The third-order valence-corrected chi connectivity index (χ3v) is 6.66. The monoisotopic (exact) mass is 650 g/mol. The number of hydrogen-bond donors (Lipinski definition) is 1. The van der Waals surface area contributed by atoms with Crippen molar-refractivity contribution in [2.45, 2.75) is 13.5 Å². The smallest absolute Gasteiger partial charge is 0.335 e. The lowest BCUT2D eigenvalue weighted by Crippen LogP contribution is -2.54. The number of halogens is 3. The Morgan fingerprint density at radius 2 is 1.74 bits per heavy atom. The number of amides is 4. The molecule has 6 nitrogen and oxygen atoms in total. The maximum atomic E-state index is 13.1. The number of ether oxygens (including phenoxy) is 1. The van der Waals surface area contributed by atoms with Gasteiger partial charge in [-0.25, -0.2) is 9.69 Å². The molecule has 0 aromatic heterocycles. The molecule has 0 spiro atoms. The third-order valence-electron chi connectivity index (χ3n) is 5.02. The molecule has 4 rings (SSSR count). The van der Waals surface area contributed by atoms with Crippen molar-refractivity contribution in [1.82, 2.24) is 5.32 Å². The molecule has 1 N–H and O–H groups in total. The quantitative estimate of drug-likeness (QED) is 0.201. The van der Waals surface area contributed by atoms with E-state index in [-0.39, 0.29) is 5.57 Å². The summed E-state index contributed by atoms with van der Waals surface area (Å²) in [6.07, 6.45) is 1.45. The number of barbiturate groups is 1. The van der Waals surface area contributed by atoms with E-state index in [0.29, 0.717) is 33.1 Å². The van der Waals surface area contributed by atoms with Crippen LogP contribution < -0.4 is 15.0 Å². The van der Waals surface area contributed by atoms with E-state index >= 15 is 0 Å². The van der Waals surface area contributed by atoms with Gasteiger partial charge in [-0.2, -0.15) is 0 Å². The minimum Gasteiger partial charge on any atom is -0.487 e. The fourth-order valence-electron chi connectivity index (χ4n) is 3.29. The van der Waals surface area contributed by atoms with Gasteiger partial charge < -0.3 is 4.74 Å². The Labute approximate surface area is 223 Å². The highest BCUT2D eigenvalue weighted by atomic mass is 127. The number of urea groups is 1. The second-order valence-electron chi connectivity index (χ2n) is 7.52. The number of nitrogens with one attached hydrogen (secondary N) is 1. The average Bonchev–Trinajstić information content (AvgIpc) is 2.78. The number of hydrogen-bond acceptors (Lipinski definition) is 4. The zero-order valence-corrected chi connectivity index (χ0v) is 22.3. The zero-order chi connectivity index (χ0) is 24.4. The summed E-state index contributed by atoms with van der Waals surface area (Å²) in [5.74, 6) is -0.825. The van der Waals surface area contributed by atoms with Gasteiger partial charge in [0.1, 0.15) is 17.9 Å². The molecule has 3 aromatic carbocycles. The van der Waals surface area contributed by atoms with Crippen LogP contribution in [0.25, 0.3) is 6.08 Å². The molecule has 1 saturated heterocycles. The minimum atomic E-state index is -0.815. The molecule has 9 heteroatoms. The van der Waals surface area contributed by atoms with Gasteiger partial charge in [-0.05, 0) is 99.0 Å².